The third kappa shape index (κ3) is 4.64. The van der Waals surface area contributed by atoms with E-state index in [1.807, 2.05) is 13.8 Å². The number of aryl methyl sites for hydroxylation is 2. The molecule has 1 aromatic rings. The molecule has 0 aromatic carbocycles. The lowest BCUT2D eigenvalue weighted by molar-refractivity contribution is 0.0956. The first-order chi connectivity index (χ1) is 8.04. The van der Waals surface area contributed by atoms with Crippen molar-refractivity contribution in [1.29, 1.82) is 0 Å². The van der Waals surface area contributed by atoms with Crippen LogP contribution < -0.4 is 5.32 Å². The van der Waals surface area contributed by atoms with Crippen LogP contribution in [0.1, 0.15) is 40.1 Å². The predicted octanol–water partition coefficient (Wildman–Crippen LogP) is 3.14. The molecule has 3 nitrogen and oxygen atoms in total. The van der Waals surface area contributed by atoms with Gasteiger partial charge in [-0.05, 0) is 32.6 Å². The molecule has 1 atom stereocenters. The zero-order chi connectivity index (χ0) is 12.8. The van der Waals surface area contributed by atoms with Gasteiger partial charge in [0.05, 0.1) is 10.7 Å². The van der Waals surface area contributed by atoms with Crippen molar-refractivity contribution in [3.63, 3.8) is 0 Å². The van der Waals surface area contributed by atoms with Crippen LogP contribution in [0.3, 0.4) is 0 Å². The Kier molecular flexibility index (Phi) is 5.92. The van der Waals surface area contributed by atoms with Crippen LogP contribution in [0.5, 0.6) is 0 Å². The molecular weight excluding hydrogens is 256 g/mol. The zero-order valence-electron chi connectivity index (χ0n) is 10.5. The molecule has 0 aliphatic carbocycles. The van der Waals surface area contributed by atoms with E-state index in [1.165, 1.54) is 11.3 Å². The maximum absolute atomic E-state index is 11.8. The summed E-state index contributed by atoms with van der Waals surface area (Å²) in [6.07, 6.45) is 2.01. The average molecular weight is 275 g/mol. The van der Waals surface area contributed by atoms with Crippen molar-refractivity contribution in [2.24, 2.45) is 5.92 Å². The largest absolute Gasteiger partial charge is 0.351 e. The second-order valence-corrected chi connectivity index (χ2v) is 5.82. The summed E-state index contributed by atoms with van der Waals surface area (Å²) in [5.74, 6) is 1.19. The summed E-state index contributed by atoms with van der Waals surface area (Å²) in [7, 11) is 0. The van der Waals surface area contributed by atoms with Crippen molar-refractivity contribution in [1.82, 2.24) is 10.3 Å². The van der Waals surface area contributed by atoms with Gasteiger partial charge in [0.25, 0.3) is 5.91 Å². The van der Waals surface area contributed by atoms with Gasteiger partial charge >= 0.3 is 0 Å². The predicted molar refractivity (Wildman–Crippen MR) is 73.0 cm³/mol. The number of aromatic nitrogens is 1. The van der Waals surface area contributed by atoms with Crippen molar-refractivity contribution in [3.8, 4) is 0 Å². The van der Waals surface area contributed by atoms with Gasteiger partial charge < -0.3 is 5.32 Å². The number of carbonyl (C=O) groups is 1. The summed E-state index contributed by atoms with van der Waals surface area (Å²) in [6.45, 7) is 6.60. The molecule has 0 fully saturated rings. The molecule has 0 spiro atoms. The van der Waals surface area contributed by atoms with Crippen LogP contribution in [0.4, 0.5) is 0 Å². The number of thiazole rings is 1. The highest BCUT2D eigenvalue weighted by Crippen LogP contribution is 2.16. The highest BCUT2D eigenvalue weighted by molar-refractivity contribution is 7.13. The second-order valence-electron chi connectivity index (χ2n) is 4.31. The van der Waals surface area contributed by atoms with Crippen LogP contribution in [0, 0.1) is 19.8 Å². The minimum absolute atomic E-state index is 0.00775. The van der Waals surface area contributed by atoms with E-state index < -0.39 is 0 Å². The number of carbonyl (C=O) groups excluding carboxylic acids is 1. The van der Waals surface area contributed by atoms with Gasteiger partial charge in [0.1, 0.15) is 4.88 Å². The summed E-state index contributed by atoms with van der Waals surface area (Å²) in [6, 6.07) is 0. The Morgan fingerprint density at radius 3 is 2.76 bits per heavy atom. The fraction of sp³-hybridized carbons (Fsp3) is 0.667. The molecule has 0 saturated heterocycles. The molecular formula is C12H19ClN2OS. The molecule has 5 heteroatoms. The van der Waals surface area contributed by atoms with E-state index in [4.69, 9.17) is 11.6 Å². The van der Waals surface area contributed by atoms with E-state index in [-0.39, 0.29) is 5.91 Å². The lowest BCUT2D eigenvalue weighted by Gasteiger charge is -2.07. The number of amides is 1. The minimum atomic E-state index is -0.00775. The molecule has 1 heterocycles. The van der Waals surface area contributed by atoms with E-state index in [0.717, 1.165) is 28.4 Å². The normalized spacial score (nSPS) is 12.5. The molecule has 0 saturated carbocycles. The Bertz CT molecular complexity index is 379. The summed E-state index contributed by atoms with van der Waals surface area (Å²) in [4.78, 5) is 16.8. The van der Waals surface area contributed by atoms with Crippen molar-refractivity contribution < 1.29 is 4.79 Å². The third-order valence-electron chi connectivity index (χ3n) is 2.53. The number of hydrogen-bond donors (Lipinski definition) is 1. The zero-order valence-corrected chi connectivity index (χ0v) is 12.1. The van der Waals surface area contributed by atoms with Crippen molar-refractivity contribution in [2.45, 2.75) is 33.6 Å². The fourth-order valence-corrected chi connectivity index (χ4v) is 2.54. The lowest BCUT2D eigenvalue weighted by Crippen LogP contribution is -2.24. The maximum atomic E-state index is 11.8. The summed E-state index contributed by atoms with van der Waals surface area (Å²) in [5, 5.41) is 3.85. The van der Waals surface area contributed by atoms with Crippen LogP contribution in [0.15, 0.2) is 0 Å². The Balaban J connectivity index is 2.33. The molecule has 0 bridgehead atoms. The van der Waals surface area contributed by atoms with Crippen LogP contribution in [-0.4, -0.2) is 23.3 Å². The molecule has 1 unspecified atom stereocenters. The topological polar surface area (TPSA) is 42.0 Å². The highest BCUT2D eigenvalue weighted by atomic mass is 35.5. The molecule has 0 radical (unpaired) electrons. The van der Waals surface area contributed by atoms with Gasteiger partial charge in [-0.15, -0.1) is 22.9 Å². The SMILES string of the molecule is Cc1nc(C)c(C(=O)NCCCC(C)CCl)s1. The monoisotopic (exact) mass is 274 g/mol. The van der Waals surface area contributed by atoms with Gasteiger partial charge in [-0.1, -0.05) is 6.92 Å². The van der Waals surface area contributed by atoms with Crippen LogP contribution >= 0.6 is 22.9 Å². The number of alkyl halides is 1. The molecule has 1 aromatic heterocycles. The minimum Gasteiger partial charge on any atom is -0.351 e. The molecule has 1 rings (SSSR count). The first-order valence-electron chi connectivity index (χ1n) is 5.82. The molecule has 0 aliphatic rings. The van der Waals surface area contributed by atoms with Gasteiger partial charge in [-0.3, -0.25) is 4.79 Å². The summed E-state index contributed by atoms with van der Waals surface area (Å²) in [5.41, 5.74) is 0.819. The van der Waals surface area contributed by atoms with Gasteiger partial charge in [-0.2, -0.15) is 0 Å². The van der Waals surface area contributed by atoms with Crippen LogP contribution in [0.25, 0.3) is 0 Å². The fourth-order valence-electron chi connectivity index (χ4n) is 1.55. The number of hydrogen-bond acceptors (Lipinski definition) is 3. The van der Waals surface area contributed by atoms with Crippen molar-refractivity contribution >= 4 is 28.8 Å². The van der Waals surface area contributed by atoms with Gasteiger partial charge in [0, 0.05) is 12.4 Å². The van der Waals surface area contributed by atoms with E-state index >= 15 is 0 Å². The molecule has 1 N–H and O–H groups in total. The van der Waals surface area contributed by atoms with E-state index in [0.29, 0.717) is 18.3 Å². The first-order valence-corrected chi connectivity index (χ1v) is 7.18. The molecule has 17 heavy (non-hydrogen) atoms. The second kappa shape index (κ2) is 6.97. The quantitative estimate of drug-likeness (QED) is 0.640. The Labute approximate surface area is 112 Å². The number of halogens is 1. The van der Waals surface area contributed by atoms with Crippen LogP contribution in [-0.2, 0) is 0 Å². The van der Waals surface area contributed by atoms with Gasteiger partial charge in [-0.25, -0.2) is 4.98 Å². The maximum Gasteiger partial charge on any atom is 0.263 e. The number of nitrogens with zero attached hydrogens (tertiary/aromatic N) is 1. The third-order valence-corrected chi connectivity index (χ3v) is 4.13. The smallest absolute Gasteiger partial charge is 0.263 e. The van der Waals surface area contributed by atoms with E-state index in [9.17, 15) is 4.79 Å². The van der Waals surface area contributed by atoms with Gasteiger partial charge in [0.15, 0.2) is 0 Å². The summed E-state index contributed by atoms with van der Waals surface area (Å²) >= 11 is 7.17. The Morgan fingerprint density at radius 2 is 2.24 bits per heavy atom. The van der Waals surface area contributed by atoms with E-state index in [2.05, 4.69) is 17.2 Å². The lowest BCUT2D eigenvalue weighted by atomic mass is 10.1. The first kappa shape index (κ1) is 14.5. The van der Waals surface area contributed by atoms with Crippen molar-refractivity contribution in [3.05, 3.63) is 15.6 Å². The van der Waals surface area contributed by atoms with E-state index in [1.54, 1.807) is 0 Å². The number of rotatable bonds is 6. The average Bonchev–Trinajstić information content (AvgIpc) is 2.63. The standard InChI is InChI=1S/C12H19ClN2OS/c1-8(7-13)5-4-6-14-12(16)11-9(2)15-10(3)17-11/h8H,4-7H2,1-3H3,(H,14,16). The van der Waals surface area contributed by atoms with Gasteiger partial charge in [0.2, 0.25) is 0 Å². The molecule has 0 aliphatic heterocycles. The molecule has 96 valence electrons. The van der Waals surface area contributed by atoms with Crippen molar-refractivity contribution in [2.75, 3.05) is 12.4 Å². The highest BCUT2D eigenvalue weighted by Gasteiger charge is 2.12. The van der Waals surface area contributed by atoms with Crippen LogP contribution in [0.2, 0.25) is 0 Å². The number of nitrogens with one attached hydrogen (secondary N) is 1. The Hall–Kier alpha value is -0.610. The Morgan fingerprint density at radius 1 is 1.53 bits per heavy atom. The molecule has 1 amide bonds. The summed E-state index contributed by atoms with van der Waals surface area (Å²) < 4.78 is 0.